The minimum atomic E-state index is 1.01. The predicted molar refractivity (Wildman–Crippen MR) is 49.6 cm³/mol. The van der Waals surface area contributed by atoms with Gasteiger partial charge in [0.05, 0.1) is 0 Å². The third kappa shape index (κ3) is 9.88. The Kier molecular flexibility index (Phi) is 9.77. The van der Waals surface area contributed by atoms with Gasteiger partial charge in [-0.05, 0) is 20.0 Å². The number of hydrogen-bond donors (Lipinski definition) is 3. The molecular weight excluding hydrogens is 138 g/mol. The van der Waals surface area contributed by atoms with E-state index in [0.717, 1.165) is 32.7 Å². The number of likely N-dealkylation sites (N-methyl/N-ethyl adjacent to an activating group) is 1. The highest BCUT2D eigenvalue weighted by Gasteiger charge is 1.85. The lowest BCUT2D eigenvalue weighted by molar-refractivity contribution is 0.612. The molecule has 3 nitrogen and oxygen atoms in total. The topological polar surface area (TPSA) is 36.1 Å². The molecule has 0 bridgehead atoms. The molecule has 3 N–H and O–H groups in total. The molecule has 0 atom stereocenters. The molecule has 0 aromatic rings. The van der Waals surface area contributed by atoms with Crippen LogP contribution >= 0.6 is 0 Å². The van der Waals surface area contributed by atoms with Gasteiger partial charge in [0.25, 0.3) is 0 Å². The van der Waals surface area contributed by atoms with Gasteiger partial charge in [0, 0.05) is 26.2 Å². The first-order valence-corrected chi connectivity index (χ1v) is 4.25. The highest BCUT2D eigenvalue weighted by molar-refractivity contribution is 4.60. The molecule has 0 fully saturated rings. The average Bonchev–Trinajstić information content (AvgIpc) is 2.03. The van der Waals surface area contributed by atoms with Gasteiger partial charge in [-0.3, -0.25) is 0 Å². The molecule has 11 heavy (non-hydrogen) atoms. The van der Waals surface area contributed by atoms with Gasteiger partial charge in [-0.25, -0.2) is 0 Å². The fraction of sp³-hybridized carbons (Fsp3) is 0.875. The molecule has 0 aromatic carbocycles. The van der Waals surface area contributed by atoms with E-state index in [4.69, 9.17) is 0 Å². The molecule has 67 valence electrons. The van der Waals surface area contributed by atoms with E-state index in [9.17, 15) is 0 Å². The van der Waals surface area contributed by atoms with E-state index in [1.807, 2.05) is 7.05 Å². The molecule has 0 aromatic heterocycles. The van der Waals surface area contributed by atoms with Crippen LogP contribution in [0.3, 0.4) is 0 Å². The number of hydrogen-bond acceptors (Lipinski definition) is 3. The molecule has 0 aliphatic rings. The first-order valence-electron chi connectivity index (χ1n) is 4.25. The summed E-state index contributed by atoms with van der Waals surface area (Å²) in [6, 6.07) is 0. The van der Waals surface area contributed by atoms with E-state index in [1.165, 1.54) is 0 Å². The van der Waals surface area contributed by atoms with E-state index >= 15 is 0 Å². The zero-order valence-corrected chi connectivity index (χ0v) is 7.61. The summed E-state index contributed by atoms with van der Waals surface area (Å²) in [5.41, 5.74) is 0. The lowest BCUT2D eigenvalue weighted by Gasteiger charge is -2.04. The van der Waals surface area contributed by atoms with E-state index in [2.05, 4.69) is 29.3 Å². The van der Waals surface area contributed by atoms with Crippen molar-refractivity contribution in [3.63, 3.8) is 0 Å². The molecule has 3 heteroatoms. The van der Waals surface area contributed by atoms with Crippen molar-refractivity contribution in [2.24, 2.45) is 0 Å². The van der Waals surface area contributed by atoms with Crippen molar-refractivity contribution in [1.82, 2.24) is 16.0 Å². The zero-order valence-electron chi connectivity index (χ0n) is 7.61. The standard InChI is InChI=1S/C8H20N3/c1-3-4-10-7-8-11-6-5-9-2/h3,9-11H,4-8H2,1-2H3. The van der Waals surface area contributed by atoms with Crippen molar-refractivity contribution in [2.75, 3.05) is 39.8 Å². The fourth-order valence-corrected chi connectivity index (χ4v) is 0.762. The fourth-order valence-electron chi connectivity index (χ4n) is 0.762. The van der Waals surface area contributed by atoms with Gasteiger partial charge >= 0.3 is 0 Å². The highest BCUT2D eigenvalue weighted by atomic mass is 15.0. The largest absolute Gasteiger partial charge is 0.318 e. The molecule has 0 spiro atoms. The Morgan fingerprint density at radius 1 is 1.00 bits per heavy atom. The summed E-state index contributed by atoms with van der Waals surface area (Å²) in [5, 5.41) is 9.66. The van der Waals surface area contributed by atoms with Crippen LogP contribution in [0.4, 0.5) is 0 Å². The molecule has 0 heterocycles. The van der Waals surface area contributed by atoms with Gasteiger partial charge in [-0.2, -0.15) is 0 Å². The third-order valence-electron chi connectivity index (χ3n) is 1.38. The number of nitrogens with one attached hydrogen (secondary N) is 3. The normalized spacial score (nSPS) is 10.4. The van der Waals surface area contributed by atoms with Crippen molar-refractivity contribution in [3.05, 3.63) is 6.42 Å². The molecule has 1 radical (unpaired) electrons. The highest BCUT2D eigenvalue weighted by Crippen LogP contribution is 1.65. The van der Waals surface area contributed by atoms with Crippen LogP contribution in [0.2, 0.25) is 0 Å². The molecule has 0 saturated heterocycles. The molecule has 0 aliphatic heterocycles. The zero-order chi connectivity index (χ0) is 8.36. The summed E-state index contributed by atoms with van der Waals surface area (Å²) in [4.78, 5) is 0. The Bertz CT molecular complexity index is 58.4. The van der Waals surface area contributed by atoms with Crippen LogP contribution in [0, 0.1) is 6.42 Å². The summed E-state index contributed by atoms with van der Waals surface area (Å²) >= 11 is 0. The number of rotatable bonds is 8. The molecule has 0 unspecified atom stereocenters. The van der Waals surface area contributed by atoms with E-state index in [0.29, 0.717) is 0 Å². The summed E-state index contributed by atoms with van der Waals surface area (Å²) in [7, 11) is 1.96. The maximum atomic E-state index is 3.31. The van der Waals surface area contributed by atoms with Crippen molar-refractivity contribution in [1.29, 1.82) is 0 Å². The molecular formula is C8H20N3. The van der Waals surface area contributed by atoms with Crippen LogP contribution < -0.4 is 16.0 Å². The molecule has 0 saturated carbocycles. The van der Waals surface area contributed by atoms with E-state index in [1.54, 1.807) is 0 Å². The summed E-state index contributed by atoms with van der Waals surface area (Å²) in [5.74, 6) is 0. The second-order valence-electron chi connectivity index (χ2n) is 2.47. The van der Waals surface area contributed by atoms with Gasteiger partial charge in [0.2, 0.25) is 0 Å². The monoisotopic (exact) mass is 158 g/mol. The molecule has 0 rings (SSSR count). The lowest BCUT2D eigenvalue weighted by Crippen LogP contribution is -2.31. The minimum Gasteiger partial charge on any atom is -0.318 e. The quantitative estimate of drug-likeness (QED) is 0.421. The second kappa shape index (κ2) is 9.88. The maximum absolute atomic E-state index is 3.31. The van der Waals surface area contributed by atoms with Crippen LogP contribution in [-0.2, 0) is 0 Å². The SMILES string of the molecule is C[CH]CNCCNCCNC. The van der Waals surface area contributed by atoms with Crippen LogP contribution in [0.1, 0.15) is 6.92 Å². The van der Waals surface area contributed by atoms with Gasteiger partial charge < -0.3 is 16.0 Å². The van der Waals surface area contributed by atoms with Crippen LogP contribution in [0.15, 0.2) is 0 Å². The summed E-state index contributed by atoms with van der Waals surface area (Å²) in [6.07, 6.45) is 2.12. The van der Waals surface area contributed by atoms with Crippen LogP contribution in [-0.4, -0.2) is 39.8 Å². The Morgan fingerprint density at radius 3 is 2.27 bits per heavy atom. The molecule has 0 amide bonds. The Morgan fingerprint density at radius 2 is 1.64 bits per heavy atom. The Labute approximate surface area is 69.9 Å². The van der Waals surface area contributed by atoms with Gasteiger partial charge in [-0.1, -0.05) is 6.92 Å². The third-order valence-corrected chi connectivity index (χ3v) is 1.38. The van der Waals surface area contributed by atoms with E-state index in [-0.39, 0.29) is 0 Å². The first kappa shape index (κ1) is 10.9. The Hall–Kier alpha value is -0.120. The van der Waals surface area contributed by atoms with Crippen LogP contribution in [0.5, 0.6) is 0 Å². The predicted octanol–water partition coefficient (Wildman–Crippen LogP) is -0.391. The smallest absolute Gasteiger partial charge is 0.00772 e. The lowest BCUT2D eigenvalue weighted by atomic mass is 10.4. The van der Waals surface area contributed by atoms with Gasteiger partial charge in [-0.15, -0.1) is 0 Å². The maximum Gasteiger partial charge on any atom is 0.00772 e. The summed E-state index contributed by atoms with van der Waals surface area (Å²) in [6.45, 7) is 7.26. The summed E-state index contributed by atoms with van der Waals surface area (Å²) < 4.78 is 0. The second-order valence-corrected chi connectivity index (χ2v) is 2.47. The van der Waals surface area contributed by atoms with Crippen molar-refractivity contribution < 1.29 is 0 Å². The van der Waals surface area contributed by atoms with E-state index < -0.39 is 0 Å². The first-order chi connectivity index (χ1) is 5.41. The van der Waals surface area contributed by atoms with Gasteiger partial charge in [0.15, 0.2) is 0 Å². The van der Waals surface area contributed by atoms with Crippen molar-refractivity contribution in [3.8, 4) is 0 Å². The molecule has 0 aliphatic carbocycles. The Balaban J connectivity index is 2.69. The van der Waals surface area contributed by atoms with Crippen LogP contribution in [0.25, 0.3) is 0 Å². The van der Waals surface area contributed by atoms with Crippen molar-refractivity contribution >= 4 is 0 Å². The van der Waals surface area contributed by atoms with Crippen molar-refractivity contribution in [2.45, 2.75) is 6.92 Å². The van der Waals surface area contributed by atoms with Gasteiger partial charge in [0.1, 0.15) is 0 Å². The minimum absolute atomic E-state index is 1.01. The average molecular weight is 158 g/mol.